The van der Waals surface area contributed by atoms with Crippen molar-refractivity contribution in [2.24, 2.45) is 0 Å². The normalized spacial score (nSPS) is 11.2. The van der Waals surface area contributed by atoms with Gasteiger partial charge in [-0.2, -0.15) is 0 Å². The lowest BCUT2D eigenvalue weighted by atomic mass is 10.0. The first-order valence-corrected chi connectivity index (χ1v) is 6.83. The number of hydrogen-bond donors (Lipinski definition) is 0. The summed E-state index contributed by atoms with van der Waals surface area (Å²) < 4.78 is 29.3. The molecule has 0 bridgehead atoms. The average molecular weight is 292 g/mol. The van der Waals surface area contributed by atoms with Crippen molar-refractivity contribution < 1.29 is 13.6 Å². The number of carbonyl (C=O) groups is 1. The monoisotopic (exact) mass is 292 g/mol. The number of rotatable bonds is 3. The van der Waals surface area contributed by atoms with E-state index in [0.717, 1.165) is 11.0 Å². The molecule has 0 aliphatic heterocycles. The van der Waals surface area contributed by atoms with Gasteiger partial charge >= 0.3 is 0 Å². The van der Waals surface area contributed by atoms with Crippen molar-refractivity contribution in [3.63, 3.8) is 0 Å². The number of Topliss-reactive ketones (excluding diaryl/α,β-unsaturated/α-hetero) is 1. The standard InChI is InChI=1S/C14H10F2N2OS/c1-8-2-3-10(15)12(13(8)16)11(19)6-9-7-18-4-5-20-14(18)17-9/h2-5,7H,6H2,1H3. The first-order valence-electron chi connectivity index (χ1n) is 5.95. The van der Waals surface area contributed by atoms with Crippen molar-refractivity contribution in [3.05, 3.63) is 58.4 Å². The summed E-state index contributed by atoms with van der Waals surface area (Å²) in [5.74, 6) is -2.23. The minimum Gasteiger partial charge on any atom is -0.297 e. The van der Waals surface area contributed by atoms with Crippen LogP contribution in [0.15, 0.2) is 29.9 Å². The van der Waals surface area contributed by atoms with E-state index in [1.165, 1.54) is 24.3 Å². The maximum atomic E-state index is 13.9. The van der Waals surface area contributed by atoms with Gasteiger partial charge in [-0.05, 0) is 18.6 Å². The average Bonchev–Trinajstić information content (AvgIpc) is 2.95. The van der Waals surface area contributed by atoms with Gasteiger partial charge in [-0.25, -0.2) is 13.8 Å². The molecule has 0 amide bonds. The largest absolute Gasteiger partial charge is 0.297 e. The zero-order chi connectivity index (χ0) is 14.3. The summed E-state index contributed by atoms with van der Waals surface area (Å²) >= 11 is 1.43. The van der Waals surface area contributed by atoms with E-state index < -0.39 is 23.0 Å². The molecule has 0 N–H and O–H groups in total. The second kappa shape index (κ2) is 4.79. The molecular weight excluding hydrogens is 282 g/mol. The first-order chi connectivity index (χ1) is 9.56. The van der Waals surface area contributed by atoms with E-state index in [2.05, 4.69) is 4.98 Å². The third-order valence-electron chi connectivity index (χ3n) is 3.05. The molecule has 1 aromatic carbocycles. The van der Waals surface area contributed by atoms with Crippen LogP contribution in [0.3, 0.4) is 0 Å². The Morgan fingerprint density at radius 1 is 1.40 bits per heavy atom. The van der Waals surface area contributed by atoms with Crippen molar-refractivity contribution in [1.29, 1.82) is 0 Å². The number of imidazole rings is 1. The van der Waals surface area contributed by atoms with Crippen LogP contribution in [0, 0.1) is 18.6 Å². The molecule has 0 spiro atoms. The van der Waals surface area contributed by atoms with Gasteiger partial charge < -0.3 is 0 Å². The van der Waals surface area contributed by atoms with E-state index >= 15 is 0 Å². The second-order valence-corrected chi connectivity index (χ2v) is 5.35. The van der Waals surface area contributed by atoms with Crippen molar-refractivity contribution in [2.45, 2.75) is 13.3 Å². The van der Waals surface area contributed by atoms with Crippen LogP contribution < -0.4 is 0 Å². The Morgan fingerprint density at radius 3 is 2.95 bits per heavy atom. The van der Waals surface area contributed by atoms with Gasteiger partial charge in [-0.3, -0.25) is 9.20 Å². The number of thiazole rings is 1. The molecule has 102 valence electrons. The third kappa shape index (κ3) is 2.12. The van der Waals surface area contributed by atoms with E-state index in [4.69, 9.17) is 0 Å². The number of hydrogen-bond acceptors (Lipinski definition) is 3. The van der Waals surface area contributed by atoms with Crippen LogP contribution in [0.1, 0.15) is 21.6 Å². The van der Waals surface area contributed by atoms with Gasteiger partial charge in [-0.1, -0.05) is 6.07 Å². The summed E-state index contributed by atoms with van der Waals surface area (Å²) in [5, 5.41) is 1.87. The molecule has 2 aromatic heterocycles. The SMILES string of the molecule is Cc1ccc(F)c(C(=O)Cc2cn3ccsc3n2)c1F. The number of aryl methyl sites for hydroxylation is 1. The fraction of sp³-hybridized carbons (Fsp3) is 0.143. The molecule has 6 heteroatoms. The Bertz CT molecular complexity index is 778. The Kier molecular flexibility index (Phi) is 3.10. The van der Waals surface area contributed by atoms with Gasteiger partial charge in [0.05, 0.1) is 17.7 Å². The van der Waals surface area contributed by atoms with Gasteiger partial charge in [0.2, 0.25) is 0 Å². The van der Waals surface area contributed by atoms with E-state index in [1.807, 2.05) is 11.6 Å². The van der Waals surface area contributed by atoms with Gasteiger partial charge in [0.15, 0.2) is 10.7 Å². The highest BCUT2D eigenvalue weighted by Gasteiger charge is 2.20. The minimum absolute atomic E-state index is 0.119. The Morgan fingerprint density at radius 2 is 2.20 bits per heavy atom. The highest BCUT2D eigenvalue weighted by Crippen LogP contribution is 2.19. The molecule has 0 fully saturated rings. The zero-order valence-electron chi connectivity index (χ0n) is 10.6. The van der Waals surface area contributed by atoms with E-state index in [-0.39, 0.29) is 12.0 Å². The summed E-state index contributed by atoms with van der Waals surface area (Å²) in [6, 6.07) is 2.42. The van der Waals surface area contributed by atoms with Crippen LogP contribution in [0.4, 0.5) is 8.78 Å². The predicted octanol–water partition coefficient (Wildman–Crippen LogP) is 3.41. The van der Waals surface area contributed by atoms with Crippen molar-refractivity contribution in [1.82, 2.24) is 9.38 Å². The van der Waals surface area contributed by atoms with Crippen LogP contribution >= 0.6 is 11.3 Å². The fourth-order valence-corrected chi connectivity index (χ4v) is 2.75. The topological polar surface area (TPSA) is 34.4 Å². The molecule has 0 saturated carbocycles. The summed E-state index contributed by atoms with van der Waals surface area (Å²) in [5.41, 5.74) is 0.268. The van der Waals surface area contributed by atoms with Gasteiger partial charge in [-0.15, -0.1) is 11.3 Å². The Labute approximate surface area is 117 Å². The molecule has 0 unspecified atom stereocenters. The molecule has 3 nitrogen and oxygen atoms in total. The van der Waals surface area contributed by atoms with Crippen LogP contribution in [0.2, 0.25) is 0 Å². The van der Waals surface area contributed by atoms with Crippen molar-refractivity contribution in [2.75, 3.05) is 0 Å². The quantitative estimate of drug-likeness (QED) is 0.693. The molecule has 3 rings (SSSR count). The second-order valence-electron chi connectivity index (χ2n) is 4.48. The zero-order valence-corrected chi connectivity index (χ0v) is 11.4. The molecular formula is C14H10F2N2OS. The Hall–Kier alpha value is -2.08. The molecule has 0 radical (unpaired) electrons. The van der Waals surface area contributed by atoms with Gasteiger partial charge in [0.1, 0.15) is 11.6 Å². The van der Waals surface area contributed by atoms with Crippen LogP contribution in [-0.4, -0.2) is 15.2 Å². The van der Waals surface area contributed by atoms with E-state index in [9.17, 15) is 13.6 Å². The van der Waals surface area contributed by atoms with E-state index in [0.29, 0.717) is 5.69 Å². The molecule has 0 atom stereocenters. The third-order valence-corrected chi connectivity index (χ3v) is 3.82. The highest BCUT2D eigenvalue weighted by molar-refractivity contribution is 7.15. The number of nitrogens with zero attached hydrogens (tertiary/aromatic N) is 2. The summed E-state index contributed by atoms with van der Waals surface area (Å²) in [4.78, 5) is 17.1. The molecule has 0 saturated heterocycles. The molecule has 0 aliphatic carbocycles. The lowest BCUT2D eigenvalue weighted by Crippen LogP contribution is -2.10. The molecule has 3 aromatic rings. The molecule has 20 heavy (non-hydrogen) atoms. The molecule has 0 aliphatic rings. The Balaban J connectivity index is 1.93. The van der Waals surface area contributed by atoms with Gasteiger partial charge in [0, 0.05) is 17.8 Å². The predicted molar refractivity (Wildman–Crippen MR) is 72.2 cm³/mol. The number of fused-ring (bicyclic) bond motifs is 1. The summed E-state index contributed by atoms with van der Waals surface area (Å²) in [6.45, 7) is 1.50. The van der Waals surface area contributed by atoms with Crippen molar-refractivity contribution in [3.8, 4) is 0 Å². The van der Waals surface area contributed by atoms with Gasteiger partial charge in [0.25, 0.3) is 0 Å². The summed E-state index contributed by atoms with van der Waals surface area (Å²) in [6.07, 6.45) is 3.38. The maximum Gasteiger partial charge on any atom is 0.193 e. The lowest BCUT2D eigenvalue weighted by molar-refractivity contribution is 0.0984. The van der Waals surface area contributed by atoms with E-state index in [1.54, 1.807) is 10.6 Å². The number of aromatic nitrogens is 2. The minimum atomic E-state index is -0.834. The van der Waals surface area contributed by atoms with Crippen LogP contribution in [0.25, 0.3) is 4.96 Å². The smallest absolute Gasteiger partial charge is 0.193 e. The molecule has 2 heterocycles. The van der Waals surface area contributed by atoms with Crippen molar-refractivity contribution >= 4 is 22.1 Å². The summed E-state index contributed by atoms with van der Waals surface area (Å²) in [7, 11) is 0. The number of benzene rings is 1. The lowest BCUT2D eigenvalue weighted by Gasteiger charge is -2.05. The number of carbonyl (C=O) groups excluding carboxylic acids is 1. The van der Waals surface area contributed by atoms with Crippen LogP contribution in [-0.2, 0) is 6.42 Å². The number of ketones is 1. The highest BCUT2D eigenvalue weighted by atomic mass is 32.1. The first kappa shape index (κ1) is 12.9. The van der Waals surface area contributed by atoms with Crippen LogP contribution in [0.5, 0.6) is 0 Å². The fourth-order valence-electron chi connectivity index (χ4n) is 2.03. The maximum absolute atomic E-state index is 13.9. The number of halogens is 2.